The molecule has 0 bridgehead atoms. The Morgan fingerprint density at radius 3 is 2.30 bits per heavy atom. The van der Waals surface area contributed by atoms with Crippen LogP contribution < -0.4 is 4.90 Å². The van der Waals surface area contributed by atoms with E-state index in [1.165, 1.54) is 27.4 Å². The molecule has 0 amide bonds. The number of hydrogen-bond donors (Lipinski definition) is 1. The molecule has 0 radical (unpaired) electrons. The summed E-state index contributed by atoms with van der Waals surface area (Å²) < 4.78 is 66.3. The van der Waals surface area contributed by atoms with E-state index in [0.717, 1.165) is 12.1 Å². The number of carbonyl (C=O) groups is 1. The summed E-state index contributed by atoms with van der Waals surface area (Å²) in [5.41, 5.74) is -1.12. The number of hydrogen-bond acceptors (Lipinski definition) is 6. The number of sulfonamides is 1. The molecule has 0 aromatic heterocycles. The second-order valence-corrected chi connectivity index (χ2v) is 9.43. The highest BCUT2D eigenvalue weighted by atomic mass is 32.2. The molecule has 9 nitrogen and oxygen atoms in total. The molecule has 0 aliphatic carbocycles. The lowest BCUT2D eigenvalue weighted by Crippen LogP contribution is -2.49. The monoisotopic (exact) mass is 487 g/mol. The molecule has 2 aromatic carbocycles. The molecule has 0 unspecified atom stereocenters. The number of nitrogens with zero attached hydrogens (tertiary/aromatic N) is 3. The number of anilines is 1. The van der Waals surface area contributed by atoms with E-state index in [-0.39, 0.29) is 43.2 Å². The molecule has 33 heavy (non-hydrogen) atoms. The van der Waals surface area contributed by atoms with Crippen molar-refractivity contribution in [3.05, 3.63) is 63.2 Å². The molecular formula is C20H20F3N3O6S. The molecule has 3 rings (SSSR count). The highest BCUT2D eigenvalue weighted by Gasteiger charge is 2.35. The largest absolute Gasteiger partial charge is 0.481 e. The average molecular weight is 487 g/mol. The summed E-state index contributed by atoms with van der Waals surface area (Å²) in [6, 6.07) is 6.60. The summed E-state index contributed by atoms with van der Waals surface area (Å²) in [5, 5.41) is 20.3. The van der Waals surface area contributed by atoms with E-state index in [2.05, 4.69) is 0 Å². The van der Waals surface area contributed by atoms with Crippen molar-refractivity contribution in [1.29, 1.82) is 0 Å². The van der Waals surface area contributed by atoms with Gasteiger partial charge in [0.05, 0.1) is 21.8 Å². The van der Waals surface area contributed by atoms with Gasteiger partial charge in [0.15, 0.2) is 0 Å². The van der Waals surface area contributed by atoms with E-state index < -0.39 is 38.3 Å². The number of carboxylic acids is 1. The fourth-order valence-electron chi connectivity index (χ4n) is 3.63. The van der Waals surface area contributed by atoms with Crippen LogP contribution in [0.2, 0.25) is 0 Å². The number of alkyl halides is 3. The number of nitro groups is 1. The zero-order valence-corrected chi connectivity index (χ0v) is 18.2. The highest BCUT2D eigenvalue weighted by molar-refractivity contribution is 7.89. The normalized spacial score (nSPS) is 15.5. The minimum atomic E-state index is -4.73. The van der Waals surface area contributed by atoms with Crippen LogP contribution in [0.5, 0.6) is 0 Å². The number of piperazine rings is 1. The number of halogens is 3. The van der Waals surface area contributed by atoms with Crippen LogP contribution in [0.25, 0.3) is 0 Å². The first-order valence-electron chi connectivity index (χ1n) is 9.73. The van der Waals surface area contributed by atoms with Gasteiger partial charge >= 0.3 is 12.1 Å². The Balaban J connectivity index is 1.83. The Hall–Kier alpha value is -3.19. The van der Waals surface area contributed by atoms with Crippen LogP contribution in [0.1, 0.15) is 16.7 Å². The Bertz CT molecular complexity index is 1190. The summed E-state index contributed by atoms with van der Waals surface area (Å²) in [5.74, 6) is -1.10. The van der Waals surface area contributed by atoms with Crippen LogP contribution in [-0.4, -0.2) is 54.9 Å². The summed E-state index contributed by atoms with van der Waals surface area (Å²) >= 11 is 0. The van der Waals surface area contributed by atoms with Crippen molar-refractivity contribution in [3.8, 4) is 0 Å². The van der Waals surface area contributed by atoms with Gasteiger partial charge in [-0.15, -0.1) is 0 Å². The van der Waals surface area contributed by atoms with Gasteiger partial charge in [0.2, 0.25) is 10.0 Å². The first-order valence-corrected chi connectivity index (χ1v) is 11.2. The third-order valence-electron chi connectivity index (χ3n) is 5.30. The van der Waals surface area contributed by atoms with Crippen LogP contribution in [0.3, 0.4) is 0 Å². The second kappa shape index (κ2) is 8.98. The summed E-state index contributed by atoms with van der Waals surface area (Å²) in [6.45, 7) is 1.53. The quantitative estimate of drug-likeness (QED) is 0.491. The molecule has 2 aromatic rings. The molecule has 178 valence electrons. The van der Waals surface area contributed by atoms with Crippen molar-refractivity contribution >= 4 is 27.4 Å². The van der Waals surface area contributed by atoms with Crippen LogP contribution in [0.4, 0.5) is 24.5 Å². The molecule has 1 N–H and O–H groups in total. The fourth-order valence-corrected chi connectivity index (χ4v) is 5.33. The smallest absolute Gasteiger partial charge is 0.416 e. The van der Waals surface area contributed by atoms with Gasteiger partial charge in [-0.2, -0.15) is 17.5 Å². The van der Waals surface area contributed by atoms with Crippen LogP contribution in [0.15, 0.2) is 41.3 Å². The number of aliphatic carboxylic acids is 1. The lowest BCUT2D eigenvalue weighted by atomic mass is 10.1. The van der Waals surface area contributed by atoms with Gasteiger partial charge in [0.1, 0.15) is 5.69 Å². The first-order chi connectivity index (χ1) is 15.3. The molecule has 0 saturated carbocycles. The molecule has 1 aliphatic heterocycles. The SMILES string of the molecule is Cc1ccc(CC(=O)O)cc1S(=O)(=O)N1CCN(c2ccc(C(F)(F)F)cc2[N+](=O)[O-])CC1. The lowest BCUT2D eigenvalue weighted by molar-refractivity contribution is -0.384. The van der Waals surface area contributed by atoms with E-state index in [0.29, 0.717) is 17.2 Å². The maximum Gasteiger partial charge on any atom is 0.416 e. The Labute approximate surface area is 187 Å². The van der Waals surface area contributed by atoms with Crippen LogP contribution in [0, 0.1) is 17.0 Å². The Morgan fingerprint density at radius 2 is 1.76 bits per heavy atom. The number of nitro benzene ring substituents is 1. The second-order valence-electron chi connectivity index (χ2n) is 7.52. The molecule has 13 heteroatoms. The maximum atomic E-state index is 13.1. The van der Waals surface area contributed by atoms with Gasteiger partial charge in [0, 0.05) is 32.2 Å². The van der Waals surface area contributed by atoms with E-state index in [4.69, 9.17) is 5.11 Å². The van der Waals surface area contributed by atoms with E-state index >= 15 is 0 Å². The van der Waals surface area contributed by atoms with E-state index in [1.807, 2.05) is 0 Å². The molecular weight excluding hydrogens is 467 g/mol. The van der Waals surface area contributed by atoms with Crippen molar-refractivity contribution in [2.24, 2.45) is 0 Å². The standard InChI is InChI=1S/C20H20F3N3O6S/c1-13-2-3-14(11-19(27)28)10-18(13)33(31,32)25-8-6-24(7-9-25)16-5-4-15(20(21,22)23)12-17(16)26(29)30/h2-5,10,12H,6-9,11H2,1H3,(H,27,28). The number of rotatable bonds is 6. The van der Waals surface area contributed by atoms with Gasteiger partial charge < -0.3 is 10.0 Å². The van der Waals surface area contributed by atoms with Gasteiger partial charge in [-0.05, 0) is 36.2 Å². The first kappa shape index (κ1) is 24.5. The summed E-state index contributed by atoms with van der Waals surface area (Å²) in [7, 11) is -3.98. The molecule has 0 spiro atoms. The number of aryl methyl sites for hydroxylation is 1. The van der Waals surface area contributed by atoms with Gasteiger partial charge in [0.25, 0.3) is 5.69 Å². The predicted octanol–water partition coefficient (Wildman–Crippen LogP) is 3.06. The van der Waals surface area contributed by atoms with Crippen molar-refractivity contribution in [2.75, 3.05) is 31.1 Å². The van der Waals surface area contributed by atoms with Crippen molar-refractivity contribution in [2.45, 2.75) is 24.4 Å². The van der Waals surface area contributed by atoms with Gasteiger partial charge in [-0.1, -0.05) is 12.1 Å². The van der Waals surface area contributed by atoms with Crippen LogP contribution >= 0.6 is 0 Å². The average Bonchev–Trinajstić information content (AvgIpc) is 2.73. The minimum Gasteiger partial charge on any atom is -0.481 e. The number of benzene rings is 2. The molecule has 1 heterocycles. The van der Waals surface area contributed by atoms with E-state index in [1.54, 1.807) is 6.92 Å². The van der Waals surface area contributed by atoms with Crippen molar-refractivity contribution in [3.63, 3.8) is 0 Å². The van der Waals surface area contributed by atoms with Gasteiger partial charge in [-0.25, -0.2) is 8.42 Å². The zero-order valence-electron chi connectivity index (χ0n) is 17.4. The van der Waals surface area contributed by atoms with Crippen molar-refractivity contribution < 1.29 is 36.4 Å². The topological polar surface area (TPSA) is 121 Å². The summed E-state index contributed by atoms with van der Waals surface area (Å²) in [4.78, 5) is 22.9. The van der Waals surface area contributed by atoms with Gasteiger partial charge in [-0.3, -0.25) is 14.9 Å². The Morgan fingerprint density at radius 1 is 1.12 bits per heavy atom. The Kier molecular flexibility index (Phi) is 6.65. The van der Waals surface area contributed by atoms with Crippen LogP contribution in [-0.2, 0) is 27.4 Å². The highest BCUT2D eigenvalue weighted by Crippen LogP contribution is 2.37. The molecule has 1 fully saturated rings. The maximum absolute atomic E-state index is 13.1. The third-order valence-corrected chi connectivity index (χ3v) is 7.35. The molecule has 1 saturated heterocycles. The predicted molar refractivity (Wildman–Crippen MR) is 112 cm³/mol. The summed E-state index contributed by atoms with van der Waals surface area (Å²) in [6.07, 6.45) is -5.07. The minimum absolute atomic E-state index is 0.0234. The fraction of sp³-hybridized carbons (Fsp3) is 0.350. The number of carboxylic acid groups (broad SMARTS) is 1. The van der Waals surface area contributed by atoms with Crippen molar-refractivity contribution in [1.82, 2.24) is 4.31 Å². The third kappa shape index (κ3) is 5.25. The lowest BCUT2D eigenvalue weighted by Gasteiger charge is -2.35. The molecule has 0 atom stereocenters. The zero-order chi connectivity index (χ0) is 24.6. The van der Waals surface area contributed by atoms with E-state index in [9.17, 15) is 36.5 Å². The molecule has 1 aliphatic rings.